The minimum Gasteiger partial charge on any atom is -0.360 e. The largest absolute Gasteiger partial charge is 0.360 e. The van der Waals surface area contributed by atoms with Crippen molar-refractivity contribution in [2.24, 2.45) is 0 Å². The van der Waals surface area contributed by atoms with Gasteiger partial charge in [-0.25, -0.2) is 9.97 Å². The summed E-state index contributed by atoms with van der Waals surface area (Å²) in [6.07, 6.45) is 1.18. The van der Waals surface area contributed by atoms with Crippen molar-refractivity contribution >= 4 is 23.2 Å². The number of aromatic nitrogens is 2. The van der Waals surface area contributed by atoms with E-state index in [-0.39, 0.29) is 17.3 Å². The zero-order chi connectivity index (χ0) is 18.6. The van der Waals surface area contributed by atoms with Crippen molar-refractivity contribution in [2.75, 3.05) is 10.7 Å². The van der Waals surface area contributed by atoms with Gasteiger partial charge in [0.05, 0.1) is 4.92 Å². The van der Waals surface area contributed by atoms with Gasteiger partial charge in [-0.15, -0.1) is 0 Å². The Kier molecular flexibility index (Phi) is 5.16. The van der Waals surface area contributed by atoms with E-state index in [2.05, 4.69) is 26.1 Å². The van der Waals surface area contributed by atoms with Crippen molar-refractivity contribution in [3.8, 4) is 0 Å². The molecule has 0 atom stereocenters. The fraction of sp³-hybridized carbons (Fsp3) is 0.312. The molecular weight excluding hydrogens is 324 g/mol. The fourth-order valence-corrected chi connectivity index (χ4v) is 1.98. The number of nitro groups is 1. The van der Waals surface area contributed by atoms with Crippen LogP contribution in [-0.4, -0.2) is 26.3 Å². The van der Waals surface area contributed by atoms with Crippen molar-refractivity contribution < 1.29 is 9.72 Å². The Morgan fingerprint density at radius 2 is 1.72 bits per heavy atom. The van der Waals surface area contributed by atoms with Crippen LogP contribution in [0.1, 0.15) is 36.7 Å². The highest BCUT2D eigenvalue weighted by Gasteiger charge is 2.26. The summed E-state index contributed by atoms with van der Waals surface area (Å²) in [6, 6.07) is 6.92. The quantitative estimate of drug-likeness (QED) is 0.563. The monoisotopic (exact) mass is 344 g/mol. The summed E-state index contributed by atoms with van der Waals surface area (Å²) in [7, 11) is 0. The molecule has 3 N–H and O–H groups in total. The zero-order valence-corrected chi connectivity index (χ0v) is 14.5. The molecule has 2 aromatic rings. The van der Waals surface area contributed by atoms with E-state index in [0.29, 0.717) is 5.56 Å². The van der Waals surface area contributed by atoms with Gasteiger partial charge in [-0.3, -0.25) is 25.8 Å². The summed E-state index contributed by atoms with van der Waals surface area (Å²) >= 11 is 0. The number of nitrogens with one attached hydrogen (secondary N) is 3. The summed E-state index contributed by atoms with van der Waals surface area (Å²) in [4.78, 5) is 30.7. The van der Waals surface area contributed by atoms with E-state index >= 15 is 0 Å². The second kappa shape index (κ2) is 7.12. The molecule has 0 spiro atoms. The summed E-state index contributed by atoms with van der Waals surface area (Å²) in [5.74, 6) is -0.468. The normalized spacial score (nSPS) is 10.9. The first-order chi connectivity index (χ1) is 11.7. The first-order valence-electron chi connectivity index (χ1n) is 7.58. The number of amides is 1. The number of rotatable bonds is 5. The van der Waals surface area contributed by atoms with Gasteiger partial charge in [0.15, 0.2) is 0 Å². The minimum atomic E-state index is -0.603. The lowest BCUT2D eigenvalue weighted by Gasteiger charge is -2.21. The molecule has 0 bridgehead atoms. The van der Waals surface area contributed by atoms with Crippen LogP contribution >= 0.6 is 0 Å². The number of aryl methyl sites for hydroxylation is 1. The molecule has 0 aliphatic heterocycles. The third kappa shape index (κ3) is 4.87. The summed E-state index contributed by atoms with van der Waals surface area (Å²) in [6.45, 7) is 7.47. The number of hydrogen-bond donors (Lipinski definition) is 3. The maximum Gasteiger partial charge on any atom is 0.354 e. The van der Waals surface area contributed by atoms with Crippen molar-refractivity contribution in [3.05, 3.63) is 51.8 Å². The molecule has 0 aliphatic rings. The van der Waals surface area contributed by atoms with Gasteiger partial charge >= 0.3 is 5.69 Å². The number of hydrazine groups is 1. The standard InChI is InChI=1S/C16H20N6O3/c1-10-5-7-11(8-6-10)15(23)21-20-14-12(22(24)25)13(17-9-18-14)19-16(2,3)4/h5-9H,1-4H3,(H,21,23)(H2,17,18,19,20). The van der Waals surface area contributed by atoms with Gasteiger partial charge in [0, 0.05) is 11.1 Å². The molecule has 0 unspecified atom stereocenters. The Balaban J connectivity index is 2.21. The molecule has 0 radical (unpaired) electrons. The van der Waals surface area contributed by atoms with Crippen LogP contribution in [0.3, 0.4) is 0 Å². The predicted octanol–water partition coefficient (Wildman–Crippen LogP) is 2.66. The maximum atomic E-state index is 12.1. The molecule has 0 aliphatic carbocycles. The SMILES string of the molecule is Cc1ccc(C(=O)NNc2ncnc(NC(C)(C)C)c2[N+](=O)[O-])cc1. The maximum absolute atomic E-state index is 12.1. The van der Waals surface area contributed by atoms with Crippen LogP contribution in [0.25, 0.3) is 0 Å². The van der Waals surface area contributed by atoms with E-state index in [9.17, 15) is 14.9 Å². The van der Waals surface area contributed by atoms with Crippen LogP contribution in [0, 0.1) is 17.0 Å². The zero-order valence-electron chi connectivity index (χ0n) is 14.5. The van der Waals surface area contributed by atoms with Gasteiger partial charge in [0.2, 0.25) is 11.6 Å². The summed E-state index contributed by atoms with van der Waals surface area (Å²) in [5, 5.41) is 14.4. The molecule has 1 aromatic carbocycles. The average Bonchev–Trinajstić information content (AvgIpc) is 2.51. The molecule has 1 amide bonds. The first kappa shape index (κ1) is 18.1. The van der Waals surface area contributed by atoms with Gasteiger partial charge in [-0.1, -0.05) is 17.7 Å². The van der Waals surface area contributed by atoms with Crippen molar-refractivity contribution in [2.45, 2.75) is 33.2 Å². The lowest BCUT2D eigenvalue weighted by molar-refractivity contribution is -0.383. The Morgan fingerprint density at radius 1 is 1.12 bits per heavy atom. The van der Waals surface area contributed by atoms with E-state index in [1.807, 2.05) is 27.7 Å². The number of hydrogen-bond acceptors (Lipinski definition) is 7. The number of carbonyl (C=O) groups excluding carboxylic acids is 1. The lowest BCUT2D eigenvalue weighted by Crippen LogP contribution is -2.31. The first-order valence-corrected chi connectivity index (χ1v) is 7.58. The summed E-state index contributed by atoms with van der Waals surface area (Å²) in [5.41, 5.74) is 5.58. The van der Waals surface area contributed by atoms with Gasteiger partial charge in [0.1, 0.15) is 6.33 Å². The number of anilines is 2. The van der Waals surface area contributed by atoms with E-state index in [0.717, 1.165) is 5.56 Å². The van der Waals surface area contributed by atoms with Crippen LogP contribution in [-0.2, 0) is 0 Å². The third-order valence-electron chi connectivity index (χ3n) is 3.11. The molecule has 9 heteroatoms. The molecule has 1 aromatic heterocycles. The number of carbonyl (C=O) groups is 1. The minimum absolute atomic E-state index is 0.0691. The molecule has 25 heavy (non-hydrogen) atoms. The number of benzene rings is 1. The lowest BCUT2D eigenvalue weighted by atomic mass is 10.1. The fourth-order valence-electron chi connectivity index (χ4n) is 1.98. The second-order valence-electron chi connectivity index (χ2n) is 6.50. The molecule has 0 saturated heterocycles. The predicted molar refractivity (Wildman–Crippen MR) is 94.3 cm³/mol. The van der Waals surface area contributed by atoms with Gasteiger partial charge < -0.3 is 5.32 Å². The van der Waals surface area contributed by atoms with Gasteiger partial charge in [-0.05, 0) is 39.8 Å². The average molecular weight is 344 g/mol. The molecule has 1 heterocycles. The van der Waals surface area contributed by atoms with E-state index in [1.54, 1.807) is 24.3 Å². The second-order valence-corrected chi connectivity index (χ2v) is 6.50. The highest BCUT2D eigenvalue weighted by Crippen LogP contribution is 2.30. The Hall–Kier alpha value is -3.23. The highest BCUT2D eigenvalue weighted by molar-refractivity contribution is 5.95. The summed E-state index contributed by atoms with van der Waals surface area (Å²) < 4.78 is 0. The molecular formula is C16H20N6O3. The third-order valence-corrected chi connectivity index (χ3v) is 3.11. The Bertz CT molecular complexity index is 783. The molecule has 9 nitrogen and oxygen atoms in total. The smallest absolute Gasteiger partial charge is 0.354 e. The van der Waals surface area contributed by atoms with Crippen LogP contribution in [0.5, 0.6) is 0 Å². The molecule has 0 saturated carbocycles. The van der Waals surface area contributed by atoms with Crippen molar-refractivity contribution in [3.63, 3.8) is 0 Å². The Labute approximate surface area is 145 Å². The molecule has 0 fully saturated rings. The number of nitrogens with zero attached hydrogens (tertiary/aromatic N) is 3. The molecule has 2 rings (SSSR count). The highest BCUT2D eigenvalue weighted by atomic mass is 16.6. The van der Waals surface area contributed by atoms with Crippen LogP contribution < -0.4 is 16.2 Å². The van der Waals surface area contributed by atoms with Crippen molar-refractivity contribution in [1.29, 1.82) is 0 Å². The Morgan fingerprint density at radius 3 is 2.28 bits per heavy atom. The van der Waals surface area contributed by atoms with Crippen LogP contribution in [0.15, 0.2) is 30.6 Å². The van der Waals surface area contributed by atoms with Crippen LogP contribution in [0.2, 0.25) is 0 Å². The van der Waals surface area contributed by atoms with Gasteiger partial charge in [-0.2, -0.15) is 0 Å². The van der Waals surface area contributed by atoms with Crippen LogP contribution in [0.4, 0.5) is 17.3 Å². The van der Waals surface area contributed by atoms with Crippen molar-refractivity contribution in [1.82, 2.24) is 15.4 Å². The van der Waals surface area contributed by atoms with E-state index < -0.39 is 16.4 Å². The van der Waals surface area contributed by atoms with E-state index in [4.69, 9.17) is 0 Å². The van der Waals surface area contributed by atoms with Gasteiger partial charge in [0.25, 0.3) is 5.91 Å². The molecule has 132 valence electrons. The van der Waals surface area contributed by atoms with E-state index in [1.165, 1.54) is 6.33 Å². The topological polar surface area (TPSA) is 122 Å².